The van der Waals surface area contributed by atoms with Gasteiger partial charge in [-0.1, -0.05) is 87.4 Å². The van der Waals surface area contributed by atoms with Gasteiger partial charge in [0.15, 0.2) is 5.13 Å². The number of carbonyl (C=O) groups excluding carboxylic acids is 2. The van der Waals surface area contributed by atoms with Gasteiger partial charge in [0.25, 0.3) is 0 Å². The van der Waals surface area contributed by atoms with Crippen LogP contribution >= 0.6 is 22.9 Å². The van der Waals surface area contributed by atoms with Gasteiger partial charge >= 0.3 is 0 Å². The predicted molar refractivity (Wildman–Crippen MR) is 144 cm³/mol. The highest BCUT2D eigenvalue weighted by Gasteiger charge is 2.32. The standard InChI is InChI=1S/C27H32ClN3O4S/c1-5-9-21(30-25(34)23(32)27(2,3)4)24(33)31-26-29-15-22(36-26)20-13-7-6-10-17(20)16-35-19-12-8-11-18(28)14-19/h6-8,10-15,21,23,32H,5,9,16H2,1-4H3,(H,30,34)(H,29,31,33)/t21-,23+/m0/s1. The number of aliphatic hydroxyl groups is 1. The number of thiazole rings is 1. The van der Waals surface area contributed by atoms with Gasteiger partial charge in [0.1, 0.15) is 24.5 Å². The van der Waals surface area contributed by atoms with Crippen molar-refractivity contribution in [3.8, 4) is 16.2 Å². The van der Waals surface area contributed by atoms with Crippen molar-refractivity contribution in [1.82, 2.24) is 10.3 Å². The van der Waals surface area contributed by atoms with Gasteiger partial charge in [0.05, 0.1) is 4.88 Å². The van der Waals surface area contributed by atoms with Crippen LogP contribution in [0.2, 0.25) is 5.02 Å². The molecule has 0 fully saturated rings. The third-order valence-electron chi connectivity index (χ3n) is 5.49. The molecule has 3 rings (SSSR count). The van der Waals surface area contributed by atoms with E-state index in [9.17, 15) is 14.7 Å². The SMILES string of the molecule is CCC[C@H](NC(=O)[C@@H](O)C(C)(C)C)C(=O)Nc1ncc(-c2ccccc2COc2cccc(Cl)c2)s1. The normalized spacial score (nSPS) is 13.1. The van der Waals surface area contributed by atoms with Gasteiger partial charge in [0, 0.05) is 11.2 Å². The highest BCUT2D eigenvalue weighted by atomic mass is 35.5. The summed E-state index contributed by atoms with van der Waals surface area (Å²) in [6.45, 7) is 7.57. The third-order valence-corrected chi connectivity index (χ3v) is 6.67. The number of anilines is 1. The average Bonchev–Trinajstić information content (AvgIpc) is 3.29. The molecule has 0 saturated carbocycles. The molecule has 1 aromatic heterocycles. The van der Waals surface area contributed by atoms with Crippen LogP contribution in [0.5, 0.6) is 5.75 Å². The monoisotopic (exact) mass is 529 g/mol. The van der Waals surface area contributed by atoms with Crippen molar-refractivity contribution < 1.29 is 19.4 Å². The first kappa shape index (κ1) is 27.6. The molecule has 36 heavy (non-hydrogen) atoms. The minimum Gasteiger partial charge on any atom is -0.489 e. The Kier molecular flexibility index (Phi) is 9.48. The van der Waals surface area contributed by atoms with Crippen molar-refractivity contribution in [3.05, 3.63) is 65.3 Å². The summed E-state index contributed by atoms with van der Waals surface area (Å²) in [5, 5.41) is 16.8. The fourth-order valence-electron chi connectivity index (χ4n) is 3.45. The minimum atomic E-state index is -1.22. The molecule has 0 aliphatic heterocycles. The number of nitrogens with zero attached hydrogens (tertiary/aromatic N) is 1. The van der Waals surface area contributed by atoms with Crippen molar-refractivity contribution in [3.63, 3.8) is 0 Å². The second kappa shape index (κ2) is 12.3. The number of aliphatic hydroxyl groups excluding tert-OH is 1. The van der Waals surface area contributed by atoms with Gasteiger partial charge < -0.3 is 20.5 Å². The van der Waals surface area contributed by atoms with E-state index in [1.807, 2.05) is 43.3 Å². The summed E-state index contributed by atoms with van der Waals surface area (Å²) >= 11 is 7.38. The number of aromatic nitrogens is 1. The molecule has 0 radical (unpaired) electrons. The van der Waals surface area contributed by atoms with Crippen LogP contribution in [0.4, 0.5) is 5.13 Å². The Labute approximate surface area is 220 Å². The summed E-state index contributed by atoms with van der Waals surface area (Å²) in [6, 6.07) is 14.3. The number of rotatable bonds is 10. The third kappa shape index (κ3) is 7.53. The van der Waals surface area contributed by atoms with E-state index in [2.05, 4.69) is 15.6 Å². The van der Waals surface area contributed by atoms with Crippen molar-refractivity contribution in [2.45, 2.75) is 59.3 Å². The maximum Gasteiger partial charge on any atom is 0.250 e. The first-order valence-corrected chi connectivity index (χ1v) is 13.0. The molecule has 1 heterocycles. The summed E-state index contributed by atoms with van der Waals surface area (Å²) in [6.07, 6.45) is 1.61. The summed E-state index contributed by atoms with van der Waals surface area (Å²) in [5.41, 5.74) is 1.28. The first-order chi connectivity index (χ1) is 17.1. The van der Waals surface area contributed by atoms with E-state index in [4.69, 9.17) is 16.3 Å². The molecule has 0 aliphatic rings. The largest absolute Gasteiger partial charge is 0.489 e. The topological polar surface area (TPSA) is 101 Å². The van der Waals surface area contributed by atoms with E-state index in [1.165, 1.54) is 11.3 Å². The second-order valence-electron chi connectivity index (χ2n) is 9.54. The van der Waals surface area contributed by atoms with E-state index in [0.29, 0.717) is 35.4 Å². The Morgan fingerprint density at radius 1 is 1.14 bits per heavy atom. The van der Waals surface area contributed by atoms with Gasteiger partial charge in [-0.3, -0.25) is 9.59 Å². The Hall–Kier alpha value is -2.94. The highest BCUT2D eigenvalue weighted by molar-refractivity contribution is 7.19. The highest BCUT2D eigenvalue weighted by Crippen LogP contribution is 2.32. The maximum absolute atomic E-state index is 12.9. The molecular formula is C27H32ClN3O4S. The quantitative estimate of drug-likeness (QED) is 0.314. The van der Waals surface area contributed by atoms with Crippen molar-refractivity contribution in [1.29, 1.82) is 0 Å². The summed E-state index contributed by atoms with van der Waals surface area (Å²) in [4.78, 5) is 30.6. The van der Waals surface area contributed by atoms with E-state index in [0.717, 1.165) is 16.0 Å². The maximum atomic E-state index is 12.9. The molecule has 0 saturated heterocycles. The number of carbonyl (C=O) groups is 2. The molecule has 0 bridgehead atoms. The number of halogens is 1. The molecule has 9 heteroatoms. The molecule has 7 nitrogen and oxygen atoms in total. The lowest BCUT2D eigenvalue weighted by molar-refractivity contribution is -0.137. The average molecular weight is 530 g/mol. The molecule has 2 amide bonds. The lowest BCUT2D eigenvalue weighted by Crippen LogP contribution is -2.50. The van der Waals surface area contributed by atoms with E-state index in [1.54, 1.807) is 39.1 Å². The van der Waals surface area contributed by atoms with E-state index in [-0.39, 0.29) is 5.91 Å². The van der Waals surface area contributed by atoms with Crippen molar-refractivity contribution >= 4 is 39.9 Å². The summed E-state index contributed by atoms with van der Waals surface area (Å²) in [5.74, 6) is -0.260. The van der Waals surface area contributed by atoms with E-state index < -0.39 is 23.5 Å². The van der Waals surface area contributed by atoms with Crippen LogP contribution in [-0.2, 0) is 16.2 Å². The molecule has 2 aromatic carbocycles. The fourth-order valence-corrected chi connectivity index (χ4v) is 4.51. The Bertz CT molecular complexity index is 1190. The number of hydrogen-bond acceptors (Lipinski definition) is 6. The molecule has 2 atom stereocenters. The van der Waals surface area contributed by atoms with Gasteiger partial charge in [-0.15, -0.1) is 0 Å². The van der Waals surface area contributed by atoms with Crippen LogP contribution in [0, 0.1) is 5.41 Å². The van der Waals surface area contributed by atoms with Gasteiger partial charge in [-0.2, -0.15) is 0 Å². The van der Waals surface area contributed by atoms with Crippen molar-refractivity contribution in [2.24, 2.45) is 5.41 Å². The van der Waals surface area contributed by atoms with Crippen LogP contribution in [0.3, 0.4) is 0 Å². The Balaban J connectivity index is 1.70. The van der Waals surface area contributed by atoms with Crippen LogP contribution < -0.4 is 15.4 Å². The summed E-state index contributed by atoms with van der Waals surface area (Å²) in [7, 11) is 0. The molecular weight excluding hydrogens is 498 g/mol. The molecule has 0 unspecified atom stereocenters. The zero-order chi connectivity index (χ0) is 26.3. The van der Waals surface area contributed by atoms with Gasteiger partial charge in [-0.05, 0) is 41.2 Å². The fraction of sp³-hybridized carbons (Fsp3) is 0.370. The number of nitrogens with one attached hydrogen (secondary N) is 2. The van der Waals surface area contributed by atoms with Gasteiger partial charge in [0.2, 0.25) is 11.8 Å². The molecule has 3 N–H and O–H groups in total. The van der Waals surface area contributed by atoms with Crippen LogP contribution in [-0.4, -0.2) is 34.1 Å². The molecule has 0 aliphatic carbocycles. The summed E-state index contributed by atoms with van der Waals surface area (Å²) < 4.78 is 5.91. The smallest absolute Gasteiger partial charge is 0.250 e. The predicted octanol–water partition coefficient (Wildman–Crippen LogP) is 5.67. The van der Waals surface area contributed by atoms with Gasteiger partial charge in [-0.25, -0.2) is 4.98 Å². The first-order valence-electron chi connectivity index (χ1n) is 11.8. The molecule has 0 spiro atoms. The van der Waals surface area contributed by atoms with E-state index >= 15 is 0 Å². The number of ether oxygens (including phenoxy) is 1. The number of amides is 2. The van der Waals surface area contributed by atoms with Crippen LogP contribution in [0.15, 0.2) is 54.7 Å². The molecule has 192 valence electrons. The second-order valence-corrected chi connectivity index (χ2v) is 11.0. The number of benzene rings is 2. The zero-order valence-corrected chi connectivity index (χ0v) is 22.4. The lowest BCUT2D eigenvalue weighted by Gasteiger charge is -2.26. The Morgan fingerprint density at radius 2 is 1.89 bits per heavy atom. The minimum absolute atomic E-state index is 0.344. The zero-order valence-electron chi connectivity index (χ0n) is 20.9. The molecule has 3 aromatic rings. The number of hydrogen-bond donors (Lipinski definition) is 3. The van der Waals surface area contributed by atoms with Crippen molar-refractivity contribution in [2.75, 3.05) is 5.32 Å². The Morgan fingerprint density at radius 3 is 2.58 bits per heavy atom. The van der Waals surface area contributed by atoms with Crippen LogP contribution in [0.25, 0.3) is 10.4 Å². The van der Waals surface area contributed by atoms with Crippen LogP contribution in [0.1, 0.15) is 46.1 Å². The lowest BCUT2D eigenvalue weighted by atomic mass is 9.88.